The third-order valence-corrected chi connectivity index (χ3v) is 2.21. The standard InChI is InChI=1S/C11H22O4/c1-2-3-4-5-6-7-8-9-10-13-15-14-11-12/h11H,2-10H2,1H3. The molecule has 0 unspecified atom stereocenters. The van der Waals surface area contributed by atoms with E-state index in [2.05, 4.69) is 21.7 Å². The van der Waals surface area contributed by atoms with Crippen LogP contribution < -0.4 is 0 Å². The van der Waals surface area contributed by atoms with Crippen LogP contribution in [0.2, 0.25) is 0 Å². The fourth-order valence-electron chi connectivity index (χ4n) is 1.37. The SMILES string of the molecule is CCCCCCCCCCOOOC=O. The van der Waals surface area contributed by atoms with E-state index >= 15 is 0 Å². The van der Waals surface area contributed by atoms with E-state index in [0.29, 0.717) is 6.61 Å². The van der Waals surface area contributed by atoms with Crippen LogP contribution in [0.3, 0.4) is 0 Å². The molecule has 0 aromatic heterocycles. The second-order valence-electron chi connectivity index (χ2n) is 3.56. The Kier molecular flexibility index (Phi) is 12.8. The summed E-state index contributed by atoms with van der Waals surface area (Å²) in [6, 6.07) is 0. The fraction of sp³-hybridized carbons (Fsp3) is 0.909. The van der Waals surface area contributed by atoms with Gasteiger partial charge < -0.3 is 0 Å². The van der Waals surface area contributed by atoms with Crippen LogP contribution in [0.15, 0.2) is 0 Å². The lowest BCUT2D eigenvalue weighted by Gasteiger charge is -2.01. The van der Waals surface area contributed by atoms with Crippen molar-refractivity contribution in [3.05, 3.63) is 0 Å². The van der Waals surface area contributed by atoms with Crippen molar-refractivity contribution in [3.8, 4) is 0 Å². The summed E-state index contributed by atoms with van der Waals surface area (Å²) in [5.74, 6) is 0. The molecule has 0 aliphatic carbocycles. The molecule has 0 rings (SSSR count). The number of unbranched alkanes of at least 4 members (excludes halogenated alkanes) is 7. The first-order valence-corrected chi connectivity index (χ1v) is 5.80. The maximum atomic E-state index is 9.64. The van der Waals surface area contributed by atoms with Gasteiger partial charge in [-0.25, -0.2) is 0 Å². The van der Waals surface area contributed by atoms with Crippen LogP contribution in [0.5, 0.6) is 0 Å². The molecule has 0 radical (unpaired) electrons. The maximum absolute atomic E-state index is 9.64. The highest BCUT2D eigenvalue weighted by atomic mass is 17.5. The zero-order chi connectivity index (χ0) is 11.2. The van der Waals surface area contributed by atoms with Crippen LogP contribution in [0.25, 0.3) is 0 Å². The Morgan fingerprint density at radius 2 is 1.53 bits per heavy atom. The van der Waals surface area contributed by atoms with Crippen LogP contribution in [0.4, 0.5) is 0 Å². The van der Waals surface area contributed by atoms with E-state index in [1.807, 2.05) is 0 Å². The van der Waals surface area contributed by atoms with Gasteiger partial charge in [-0.1, -0.05) is 51.9 Å². The highest BCUT2D eigenvalue weighted by Gasteiger charge is 1.92. The third kappa shape index (κ3) is 13.4. The average Bonchev–Trinajstić information content (AvgIpc) is 2.26. The largest absolute Gasteiger partial charge is 0.334 e. The predicted molar refractivity (Wildman–Crippen MR) is 56.8 cm³/mol. The first-order valence-electron chi connectivity index (χ1n) is 5.80. The predicted octanol–water partition coefficient (Wildman–Crippen LogP) is 3.16. The summed E-state index contributed by atoms with van der Waals surface area (Å²) in [6.45, 7) is 2.88. The Morgan fingerprint density at radius 3 is 2.13 bits per heavy atom. The van der Waals surface area contributed by atoms with Gasteiger partial charge >= 0.3 is 6.47 Å². The van der Waals surface area contributed by atoms with Gasteiger partial charge in [0.15, 0.2) is 0 Å². The molecular weight excluding hydrogens is 196 g/mol. The van der Waals surface area contributed by atoms with E-state index in [1.54, 1.807) is 0 Å². The van der Waals surface area contributed by atoms with Crippen LogP contribution >= 0.6 is 0 Å². The molecule has 0 bridgehead atoms. The minimum atomic E-state index is 0.188. The van der Waals surface area contributed by atoms with E-state index < -0.39 is 0 Å². The zero-order valence-corrected chi connectivity index (χ0v) is 9.57. The summed E-state index contributed by atoms with van der Waals surface area (Å²) in [5.41, 5.74) is 0. The Bertz CT molecular complexity index is 128. The first kappa shape index (κ1) is 14.4. The van der Waals surface area contributed by atoms with Crippen LogP contribution in [-0.4, -0.2) is 13.1 Å². The van der Waals surface area contributed by atoms with Gasteiger partial charge in [0, 0.05) is 0 Å². The molecular formula is C11H22O4. The van der Waals surface area contributed by atoms with Crippen molar-refractivity contribution < 1.29 is 19.6 Å². The lowest BCUT2D eigenvalue weighted by atomic mass is 10.1. The average molecular weight is 218 g/mol. The van der Waals surface area contributed by atoms with Crippen LogP contribution in [0, 0.1) is 0 Å². The Morgan fingerprint density at radius 1 is 0.933 bits per heavy atom. The van der Waals surface area contributed by atoms with Gasteiger partial charge in [-0.3, -0.25) is 9.68 Å². The van der Waals surface area contributed by atoms with Crippen molar-refractivity contribution in [1.82, 2.24) is 0 Å². The fourth-order valence-corrected chi connectivity index (χ4v) is 1.37. The second-order valence-corrected chi connectivity index (χ2v) is 3.56. The topological polar surface area (TPSA) is 44.8 Å². The quantitative estimate of drug-likeness (QED) is 0.218. The van der Waals surface area contributed by atoms with Gasteiger partial charge in [-0.05, 0) is 11.5 Å². The highest BCUT2D eigenvalue weighted by molar-refractivity contribution is 5.35. The summed E-state index contributed by atoms with van der Waals surface area (Å²) in [5, 5.41) is 4.07. The second kappa shape index (κ2) is 13.4. The van der Waals surface area contributed by atoms with Crippen LogP contribution in [-0.2, 0) is 19.6 Å². The van der Waals surface area contributed by atoms with Crippen molar-refractivity contribution in [3.63, 3.8) is 0 Å². The smallest absolute Gasteiger partial charge is 0.272 e. The summed E-state index contributed by atoms with van der Waals surface area (Å²) in [6.07, 6.45) is 9.94. The number of hydrogen-bond acceptors (Lipinski definition) is 4. The van der Waals surface area contributed by atoms with E-state index in [9.17, 15) is 4.79 Å². The molecule has 0 aromatic rings. The van der Waals surface area contributed by atoms with E-state index in [0.717, 1.165) is 12.8 Å². The summed E-state index contributed by atoms with van der Waals surface area (Å²) < 4.78 is 0. The number of hydrogen-bond donors (Lipinski definition) is 0. The summed E-state index contributed by atoms with van der Waals surface area (Å²) >= 11 is 0. The Hall–Kier alpha value is -0.610. The lowest BCUT2D eigenvalue weighted by Crippen LogP contribution is -1.97. The molecule has 4 nitrogen and oxygen atoms in total. The molecule has 0 aliphatic heterocycles. The molecule has 0 aliphatic rings. The van der Waals surface area contributed by atoms with Crippen molar-refractivity contribution in [2.45, 2.75) is 58.3 Å². The molecule has 0 saturated heterocycles. The Balaban J connectivity index is 2.83. The monoisotopic (exact) mass is 218 g/mol. The van der Waals surface area contributed by atoms with Gasteiger partial charge in [-0.15, -0.1) is 0 Å². The molecule has 0 atom stereocenters. The van der Waals surface area contributed by atoms with Gasteiger partial charge in [0.1, 0.15) is 0 Å². The first-order chi connectivity index (χ1) is 7.41. The van der Waals surface area contributed by atoms with Crippen molar-refractivity contribution >= 4 is 6.47 Å². The molecule has 0 fully saturated rings. The number of rotatable bonds is 12. The zero-order valence-electron chi connectivity index (χ0n) is 9.57. The maximum Gasteiger partial charge on any atom is 0.334 e. The normalized spacial score (nSPS) is 10.2. The van der Waals surface area contributed by atoms with Crippen LogP contribution in [0.1, 0.15) is 58.3 Å². The van der Waals surface area contributed by atoms with Gasteiger partial charge in [0.2, 0.25) is 0 Å². The third-order valence-electron chi connectivity index (χ3n) is 2.21. The van der Waals surface area contributed by atoms with Gasteiger partial charge in [0.25, 0.3) is 0 Å². The molecule has 15 heavy (non-hydrogen) atoms. The summed E-state index contributed by atoms with van der Waals surface area (Å²) in [4.78, 5) is 18.1. The lowest BCUT2D eigenvalue weighted by molar-refractivity contribution is -0.481. The minimum Gasteiger partial charge on any atom is -0.272 e. The van der Waals surface area contributed by atoms with Crippen molar-refractivity contribution in [2.24, 2.45) is 0 Å². The minimum absolute atomic E-state index is 0.188. The van der Waals surface area contributed by atoms with E-state index in [1.165, 1.54) is 38.5 Å². The van der Waals surface area contributed by atoms with Crippen molar-refractivity contribution in [2.75, 3.05) is 6.61 Å². The van der Waals surface area contributed by atoms with E-state index in [4.69, 9.17) is 0 Å². The van der Waals surface area contributed by atoms with Gasteiger partial charge in [0.05, 0.1) is 6.61 Å². The molecule has 0 aromatic carbocycles. The molecule has 90 valence electrons. The summed E-state index contributed by atoms with van der Waals surface area (Å²) in [7, 11) is 0. The highest BCUT2D eigenvalue weighted by Crippen LogP contribution is 2.08. The van der Waals surface area contributed by atoms with Crippen molar-refractivity contribution in [1.29, 1.82) is 0 Å². The molecule has 0 saturated carbocycles. The van der Waals surface area contributed by atoms with E-state index in [-0.39, 0.29) is 6.47 Å². The Labute approximate surface area is 91.7 Å². The molecule has 0 spiro atoms. The number of carbonyl (C=O) groups is 1. The molecule has 4 heteroatoms. The molecule has 0 amide bonds. The number of carbonyl (C=O) groups excluding carboxylic acids is 1. The van der Waals surface area contributed by atoms with Gasteiger partial charge in [-0.2, -0.15) is 4.89 Å². The molecule has 0 N–H and O–H groups in total. The molecule has 0 heterocycles.